The minimum atomic E-state index is -1.40. The van der Waals surface area contributed by atoms with Crippen LogP contribution in [-0.4, -0.2) is 92.5 Å². The van der Waals surface area contributed by atoms with E-state index in [1.54, 1.807) is 17.0 Å². The van der Waals surface area contributed by atoms with E-state index in [-0.39, 0.29) is 46.9 Å². The molecule has 1 aromatic rings. The van der Waals surface area contributed by atoms with Gasteiger partial charge in [0.25, 0.3) is 0 Å². The SMILES string of the molecule is C[N+]1(C)CCOC(CC(=O)N2CC(Oc3ccc4c(c3C(=O)[O-])OB(O)C3CC43)C2)C1. The number of fused-ring (bicyclic) bond motifs is 3. The monoisotopic (exact) mass is 430 g/mol. The summed E-state index contributed by atoms with van der Waals surface area (Å²) in [6, 6.07) is 3.43. The molecule has 1 aromatic carbocycles. The van der Waals surface area contributed by atoms with Gasteiger partial charge >= 0.3 is 7.12 Å². The summed E-state index contributed by atoms with van der Waals surface area (Å²) in [7, 11) is 3.26. The van der Waals surface area contributed by atoms with E-state index >= 15 is 0 Å². The van der Waals surface area contributed by atoms with Crippen molar-refractivity contribution in [2.75, 3.05) is 46.9 Å². The van der Waals surface area contributed by atoms with Crippen molar-refractivity contribution in [1.29, 1.82) is 0 Å². The van der Waals surface area contributed by atoms with Crippen molar-refractivity contribution in [3.63, 3.8) is 0 Å². The number of benzene rings is 1. The quantitative estimate of drug-likeness (QED) is 0.483. The number of amides is 1. The van der Waals surface area contributed by atoms with Crippen LogP contribution in [-0.2, 0) is 9.53 Å². The molecule has 3 unspecified atom stereocenters. The number of hydrogen-bond donors (Lipinski definition) is 1. The highest BCUT2D eigenvalue weighted by molar-refractivity contribution is 6.48. The number of likely N-dealkylation sites (tertiary alicyclic amines) is 1. The molecule has 1 amide bonds. The molecule has 3 fully saturated rings. The van der Waals surface area contributed by atoms with Gasteiger partial charge in [-0.25, -0.2) is 0 Å². The molecule has 3 aliphatic heterocycles. The molecule has 0 bridgehead atoms. The molecule has 3 heterocycles. The van der Waals surface area contributed by atoms with Crippen molar-refractivity contribution in [1.82, 2.24) is 4.90 Å². The van der Waals surface area contributed by atoms with Crippen LogP contribution >= 0.6 is 0 Å². The number of carboxylic acid groups (broad SMARTS) is 1. The van der Waals surface area contributed by atoms with Crippen molar-refractivity contribution in [3.8, 4) is 11.5 Å². The molecule has 1 N–H and O–H groups in total. The number of carbonyl (C=O) groups is 2. The molecule has 2 saturated heterocycles. The van der Waals surface area contributed by atoms with E-state index < -0.39 is 13.1 Å². The van der Waals surface area contributed by atoms with E-state index in [1.165, 1.54) is 0 Å². The molecule has 5 rings (SSSR count). The highest BCUT2D eigenvalue weighted by Crippen LogP contribution is 2.60. The third kappa shape index (κ3) is 3.88. The Kier molecular flexibility index (Phi) is 4.91. The molecule has 166 valence electrons. The molecule has 0 aromatic heterocycles. The molecule has 1 saturated carbocycles. The van der Waals surface area contributed by atoms with Crippen LogP contribution in [0, 0.1) is 0 Å². The average Bonchev–Trinajstić information content (AvgIpc) is 3.44. The minimum absolute atomic E-state index is 0.0172. The standard InChI is InChI=1S/C21H27BN2O7/c1-24(2)5-6-29-12(11-24)7-18(25)23-9-13(10-23)30-17-4-3-14-15-8-16(15)22(28)31-20(14)19(17)21(26)27/h3-4,12-13,15-16,28H,5-11H2,1-2H3. The summed E-state index contributed by atoms with van der Waals surface area (Å²) < 4.78 is 18.0. The Morgan fingerprint density at radius 2 is 2.13 bits per heavy atom. The summed E-state index contributed by atoms with van der Waals surface area (Å²) in [5.74, 6) is -0.946. The molecule has 4 aliphatic rings. The van der Waals surface area contributed by atoms with Crippen molar-refractivity contribution in [2.45, 2.75) is 36.8 Å². The van der Waals surface area contributed by atoms with Crippen molar-refractivity contribution in [2.24, 2.45) is 0 Å². The smallest absolute Gasteiger partial charge is 0.526 e. The fourth-order valence-electron chi connectivity index (χ4n) is 4.89. The van der Waals surface area contributed by atoms with E-state index in [9.17, 15) is 19.7 Å². The van der Waals surface area contributed by atoms with Crippen molar-refractivity contribution in [3.05, 3.63) is 23.3 Å². The number of hydrogen-bond acceptors (Lipinski definition) is 7. The normalized spacial score (nSPS) is 28.7. The van der Waals surface area contributed by atoms with Crippen molar-refractivity contribution >= 4 is 19.0 Å². The summed E-state index contributed by atoms with van der Waals surface area (Å²) in [5.41, 5.74) is 0.614. The van der Waals surface area contributed by atoms with Crippen LogP contribution < -0.4 is 14.5 Å². The number of morpholine rings is 1. The predicted octanol–water partition coefficient (Wildman–Crippen LogP) is -0.765. The van der Waals surface area contributed by atoms with E-state index in [4.69, 9.17) is 14.1 Å². The molecule has 10 heteroatoms. The maximum absolute atomic E-state index is 12.6. The van der Waals surface area contributed by atoms with Gasteiger partial charge in [0.05, 0.1) is 51.7 Å². The zero-order chi connectivity index (χ0) is 21.9. The van der Waals surface area contributed by atoms with Gasteiger partial charge in [0.15, 0.2) is 0 Å². The lowest BCUT2D eigenvalue weighted by atomic mass is 9.77. The Hall–Kier alpha value is -2.30. The van der Waals surface area contributed by atoms with E-state index in [0.717, 1.165) is 29.6 Å². The first-order chi connectivity index (χ1) is 14.7. The largest absolute Gasteiger partial charge is 0.545 e. The fourth-order valence-corrected chi connectivity index (χ4v) is 4.89. The van der Waals surface area contributed by atoms with Crippen LogP contribution in [0.25, 0.3) is 0 Å². The summed E-state index contributed by atoms with van der Waals surface area (Å²) in [6.45, 7) is 3.17. The zero-order valence-electron chi connectivity index (χ0n) is 17.8. The summed E-state index contributed by atoms with van der Waals surface area (Å²) >= 11 is 0. The van der Waals surface area contributed by atoms with Gasteiger partial charge in [0.1, 0.15) is 36.8 Å². The first-order valence-corrected chi connectivity index (χ1v) is 10.8. The van der Waals surface area contributed by atoms with E-state index in [1.807, 2.05) is 0 Å². The second kappa shape index (κ2) is 7.39. The minimum Gasteiger partial charge on any atom is -0.545 e. The van der Waals surface area contributed by atoms with Gasteiger partial charge in [0.2, 0.25) is 5.91 Å². The van der Waals surface area contributed by atoms with Crippen LogP contribution in [0.2, 0.25) is 5.82 Å². The predicted molar refractivity (Wildman–Crippen MR) is 108 cm³/mol. The lowest BCUT2D eigenvalue weighted by molar-refractivity contribution is -0.901. The zero-order valence-corrected chi connectivity index (χ0v) is 17.8. The maximum Gasteiger partial charge on any atom is 0.526 e. The number of ether oxygens (including phenoxy) is 2. The fraction of sp³-hybridized carbons (Fsp3) is 0.619. The first kappa shape index (κ1) is 20.6. The van der Waals surface area contributed by atoms with Crippen LogP contribution in [0.3, 0.4) is 0 Å². The molecule has 3 atom stereocenters. The Morgan fingerprint density at radius 1 is 1.35 bits per heavy atom. The highest BCUT2D eigenvalue weighted by atomic mass is 16.5. The number of nitrogens with zero attached hydrogens (tertiary/aromatic N) is 2. The third-order valence-electron chi connectivity index (χ3n) is 6.84. The van der Waals surface area contributed by atoms with Crippen LogP contribution in [0.5, 0.6) is 11.5 Å². The molecule has 1 aliphatic carbocycles. The van der Waals surface area contributed by atoms with Crippen LogP contribution in [0.1, 0.15) is 34.7 Å². The molecule has 0 radical (unpaired) electrons. The first-order valence-electron chi connectivity index (χ1n) is 10.8. The number of aromatic carboxylic acids is 1. The third-order valence-corrected chi connectivity index (χ3v) is 6.84. The number of likely N-dealkylation sites (N-methyl/N-ethyl adjacent to an activating group) is 1. The van der Waals surface area contributed by atoms with E-state index in [2.05, 4.69) is 14.1 Å². The number of carbonyl (C=O) groups excluding carboxylic acids is 2. The number of rotatable bonds is 5. The maximum atomic E-state index is 12.6. The lowest BCUT2D eigenvalue weighted by Gasteiger charge is -2.41. The summed E-state index contributed by atoms with van der Waals surface area (Å²) in [6.07, 6.45) is 0.728. The average molecular weight is 430 g/mol. The number of quaternary nitrogens is 1. The van der Waals surface area contributed by atoms with Gasteiger partial charge in [-0.2, -0.15) is 0 Å². The van der Waals surface area contributed by atoms with Crippen molar-refractivity contribution < 1.29 is 38.3 Å². The highest BCUT2D eigenvalue weighted by Gasteiger charge is 2.54. The molecular formula is C21H27BN2O7. The van der Waals surface area contributed by atoms with Gasteiger partial charge in [0, 0.05) is 5.82 Å². The van der Waals surface area contributed by atoms with Crippen LogP contribution in [0.15, 0.2) is 12.1 Å². The van der Waals surface area contributed by atoms with Gasteiger partial charge in [-0.1, -0.05) is 6.07 Å². The molecule has 31 heavy (non-hydrogen) atoms. The topological polar surface area (TPSA) is 108 Å². The second-order valence-corrected chi connectivity index (χ2v) is 9.74. The lowest BCUT2D eigenvalue weighted by Crippen LogP contribution is -2.58. The number of carboxylic acids is 1. The molecular weight excluding hydrogens is 403 g/mol. The van der Waals surface area contributed by atoms with Gasteiger partial charge in [-0.3, -0.25) is 4.79 Å². The van der Waals surface area contributed by atoms with Crippen LogP contribution in [0.4, 0.5) is 0 Å². The van der Waals surface area contributed by atoms with E-state index in [0.29, 0.717) is 26.1 Å². The van der Waals surface area contributed by atoms with Gasteiger partial charge in [-0.05, 0) is 24.0 Å². The Morgan fingerprint density at radius 3 is 2.84 bits per heavy atom. The summed E-state index contributed by atoms with van der Waals surface area (Å²) in [5, 5.41) is 21.9. The Bertz CT molecular complexity index is 917. The molecule has 0 spiro atoms. The summed E-state index contributed by atoms with van der Waals surface area (Å²) in [4.78, 5) is 26.1. The Labute approximate surface area is 181 Å². The molecule has 9 nitrogen and oxygen atoms in total. The Balaban J connectivity index is 1.21. The van der Waals surface area contributed by atoms with Gasteiger partial charge < -0.3 is 38.4 Å². The van der Waals surface area contributed by atoms with Gasteiger partial charge in [-0.15, -0.1) is 0 Å². The second-order valence-electron chi connectivity index (χ2n) is 9.74.